The fraction of sp³-hybridized carbons (Fsp3) is 0.700. The molecule has 90 valence electrons. The zero-order valence-electron chi connectivity index (χ0n) is 9.17. The molecule has 1 heterocycles. The summed E-state index contributed by atoms with van der Waals surface area (Å²) in [4.78, 5) is 10.4. The van der Waals surface area contributed by atoms with Crippen LogP contribution < -0.4 is 0 Å². The van der Waals surface area contributed by atoms with E-state index in [4.69, 9.17) is 10.2 Å². The van der Waals surface area contributed by atoms with Crippen LogP contribution in [0, 0.1) is 0 Å². The van der Waals surface area contributed by atoms with Crippen LogP contribution in [0.5, 0.6) is 0 Å². The number of unbranched alkanes of at least 4 members (excludes halogenated alkanes) is 1. The number of hydrogen-bond acceptors (Lipinski definition) is 4. The van der Waals surface area contributed by atoms with Gasteiger partial charge in [0.25, 0.3) is 0 Å². The van der Waals surface area contributed by atoms with Crippen LogP contribution in [0.3, 0.4) is 0 Å². The van der Waals surface area contributed by atoms with E-state index in [2.05, 4.69) is 10.2 Å². The standard InChI is InChI=1S/C10H17N3O3/c14-7-2-1-4-9-12-11-8-13(9)6-3-5-10(15)16/h8,14H,1-7H2,(H,15,16). The largest absolute Gasteiger partial charge is 0.481 e. The van der Waals surface area contributed by atoms with Gasteiger partial charge in [-0.3, -0.25) is 4.79 Å². The van der Waals surface area contributed by atoms with Gasteiger partial charge in [-0.2, -0.15) is 0 Å². The van der Waals surface area contributed by atoms with Crippen molar-refractivity contribution >= 4 is 5.97 Å². The third kappa shape index (κ3) is 4.39. The summed E-state index contributed by atoms with van der Waals surface area (Å²) in [5.41, 5.74) is 0. The molecule has 1 aromatic rings. The van der Waals surface area contributed by atoms with Gasteiger partial charge in [0.05, 0.1) is 0 Å². The maximum Gasteiger partial charge on any atom is 0.303 e. The van der Waals surface area contributed by atoms with Crippen LogP contribution in [0.25, 0.3) is 0 Å². The molecular weight excluding hydrogens is 210 g/mol. The fourth-order valence-corrected chi connectivity index (χ4v) is 1.45. The van der Waals surface area contributed by atoms with E-state index in [0.717, 1.165) is 25.1 Å². The highest BCUT2D eigenvalue weighted by Crippen LogP contribution is 2.04. The van der Waals surface area contributed by atoms with Crippen molar-refractivity contribution in [1.29, 1.82) is 0 Å². The van der Waals surface area contributed by atoms with E-state index in [1.165, 1.54) is 0 Å². The second-order valence-electron chi connectivity index (χ2n) is 3.62. The van der Waals surface area contributed by atoms with Gasteiger partial charge in [0.15, 0.2) is 0 Å². The van der Waals surface area contributed by atoms with Gasteiger partial charge < -0.3 is 14.8 Å². The van der Waals surface area contributed by atoms with Gasteiger partial charge in [0.2, 0.25) is 0 Å². The van der Waals surface area contributed by atoms with Gasteiger partial charge in [-0.15, -0.1) is 10.2 Å². The maximum absolute atomic E-state index is 10.4. The first-order valence-electron chi connectivity index (χ1n) is 5.43. The molecule has 0 amide bonds. The van der Waals surface area contributed by atoms with E-state index in [0.29, 0.717) is 13.0 Å². The SMILES string of the molecule is O=C(O)CCCn1cnnc1CCCCO. The van der Waals surface area contributed by atoms with Crippen molar-refractivity contribution in [2.24, 2.45) is 0 Å². The Balaban J connectivity index is 2.34. The highest BCUT2D eigenvalue weighted by atomic mass is 16.4. The number of hydrogen-bond donors (Lipinski definition) is 2. The number of nitrogens with zero attached hydrogens (tertiary/aromatic N) is 3. The fourth-order valence-electron chi connectivity index (χ4n) is 1.45. The van der Waals surface area contributed by atoms with Crippen LogP contribution in [0.15, 0.2) is 6.33 Å². The van der Waals surface area contributed by atoms with Crippen LogP contribution in [0.2, 0.25) is 0 Å². The monoisotopic (exact) mass is 227 g/mol. The number of carboxylic acid groups (broad SMARTS) is 1. The van der Waals surface area contributed by atoms with Crippen molar-refractivity contribution < 1.29 is 15.0 Å². The Bertz CT molecular complexity index is 325. The van der Waals surface area contributed by atoms with Gasteiger partial charge in [0.1, 0.15) is 12.2 Å². The summed E-state index contributed by atoms with van der Waals surface area (Å²) in [5, 5.41) is 24.9. The zero-order chi connectivity index (χ0) is 11.8. The molecule has 0 aliphatic rings. The van der Waals surface area contributed by atoms with Crippen molar-refractivity contribution in [3.63, 3.8) is 0 Å². The lowest BCUT2D eigenvalue weighted by Crippen LogP contribution is -2.05. The molecule has 0 saturated carbocycles. The molecule has 16 heavy (non-hydrogen) atoms. The number of aliphatic hydroxyl groups is 1. The highest BCUT2D eigenvalue weighted by molar-refractivity contribution is 5.66. The average Bonchev–Trinajstić information content (AvgIpc) is 2.66. The zero-order valence-corrected chi connectivity index (χ0v) is 9.17. The normalized spacial score (nSPS) is 10.6. The van der Waals surface area contributed by atoms with Crippen molar-refractivity contribution in [2.75, 3.05) is 6.61 Å². The first kappa shape index (κ1) is 12.6. The number of carbonyl (C=O) groups is 1. The first-order valence-corrected chi connectivity index (χ1v) is 5.43. The van der Waals surface area contributed by atoms with Crippen molar-refractivity contribution in [2.45, 2.75) is 38.6 Å². The molecule has 0 atom stereocenters. The molecule has 1 aromatic heterocycles. The van der Waals surface area contributed by atoms with Crippen LogP contribution in [0.1, 0.15) is 31.5 Å². The lowest BCUT2D eigenvalue weighted by molar-refractivity contribution is -0.137. The van der Waals surface area contributed by atoms with E-state index in [1.807, 2.05) is 4.57 Å². The molecule has 0 radical (unpaired) electrons. The molecular formula is C10H17N3O3. The van der Waals surface area contributed by atoms with Gasteiger partial charge in [-0.1, -0.05) is 0 Å². The maximum atomic E-state index is 10.4. The Morgan fingerprint density at radius 3 is 2.88 bits per heavy atom. The first-order chi connectivity index (χ1) is 7.74. The molecule has 2 N–H and O–H groups in total. The van der Waals surface area contributed by atoms with Gasteiger partial charge in [0, 0.05) is 26.0 Å². The predicted molar refractivity (Wildman–Crippen MR) is 56.9 cm³/mol. The second-order valence-corrected chi connectivity index (χ2v) is 3.62. The summed E-state index contributed by atoms with van der Waals surface area (Å²) in [6.07, 6.45) is 4.76. The molecule has 0 bridgehead atoms. The highest BCUT2D eigenvalue weighted by Gasteiger charge is 2.04. The van der Waals surface area contributed by atoms with E-state index >= 15 is 0 Å². The Morgan fingerprint density at radius 2 is 2.19 bits per heavy atom. The Hall–Kier alpha value is -1.43. The Morgan fingerprint density at radius 1 is 1.38 bits per heavy atom. The van der Waals surface area contributed by atoms with Gasteiger partial charge in [-0.05, 0) is 19.3 Å². The molecule has 6 nitrogen and oxygen atoms in total. The number of aliphatic carboxylic acids is 1. The number of aliphatic hydroxyl groups excluding tert-OH is 1. The molecule has 6 heteroatoms. The summed E-state index contributed by atoms with van der Waals surface area (Å²) in [6.45, 7) is 0.820. The summed E-state index contributed by atoms with van der Waals surface area (Å²) < 4.78 is 1.88. The minimum atomic E-state index is -0.782. The number of aryl methyl sites for hydroxylation is 2. The molecule has 0 aromatic carbocycles. The van der Waals surface area contributed by atoms with Gasteiger partial charge in [-0.25, -0.2) is 0 Å². The van der Waals surface area contributed by atoms with Crippen molar-refractivity contribution in [3.05, 3.63) is 12.2 Å². The molecule has 0 aliphatic heterocycles. The lowest BCUT2D eigenvalue weighted by atomic mass is 10.2. The van der Waals surface area contributed by atoms with Gasteiger partial charge >= 0.3 is 5.97 Å². The number of carboxylic acids is 1. The molecule has 1 rings (SSSR count). The molecule has 0 fully saturated rings. The Kier molecular flexibility index (Phi) is 5.49. The number of rotatable bonds is 8. The smallest absolute Gasteiger partial charge is 0.303 e. The van der Waals surface area contributed by atoms with Crippen molar-refractivity contribution in [3.8, 4) is 0 Å². The Labute approximate surface area is 93.9 Å². The van der Waals surface area contributed by atoms with E-state index < -0.39 is 5.97 Å². The lowest BCUT2D eigenvalue weighted by Gasteiger charge is -2.04. The van der Waals surface area contributed by atoms with E-state index in [-0.39, 0.29) is 13.0 Å². The van der Waals surface area contributed by atoms with E-state index in [1.54, 1.807) is 6.33 Å². The molecule has 0 unspecified atom stereocenters. The quantitative estimate of drug-likeness (QED) is 0.630. The van der Waals surface area contributed by atoms with Crippen LogP contribution in [0.4, 0.5) is 0 Å². The average molecular weight is 227 g/mol. The third-order valence-electron chi connectivity index (χ3n) is 2.29. The minimum Gasteiger partial charge on any atom is -0.481 e. The van der Waals surface area contributed by atoms with Crippen molar-refractivity contribution in [1.82, 2.24) is 14.8 Å². The molecule has 0 aliphatic carbocycles. The van der Waals surface area contributed by atoms with E-state index in [9.17, 15) is 4.79 Å². The topological polar surface area (TPSA) is 88.2 Å². The third-order valence-corrected chi connectivity index (χ3v) is 2.29. The second kappa shape index (κ2) is 6.95. The van der Waals surface area contributed by atoms with Crippen LogP contribution in [-0.4, -0.2) is 37.6 Å². The summed E-state index contributed by atoms with van der Waals surface area (Å²) >= 11 is 0. The summed E-state index contributed by atoms with van der Waals surface area (Å²) in [6, 6.07) is 0. The summed E-state index contributed by atoms with van der Waals surface area (Å²) in [7, 11) is 0. The van der Waals surface area contributed by atoms with Crippen LogP contribution >= 0.6 is 0 Å². The van der Waals surface area contributed by atoms with Crippen LogP contribution in [-0.2, 0) is 17.8 Å². The predicted octanol–water partition coefficient (Wildman–Crippen LogP) is 0.458. The minimum absolute atomic E-state index is 0.161. The molecule has 0 saturated heterocycles. The molecule has 0 spiro atoms. The summed E-state index contributed by atoms with van der Waals surface area (Å²) in [5.74, 6) is 0.0775. The number of aromatic nitrogens is 3.